The molecule has 5 aromatic rings. The van der Waals surface area contributed by atoms with Crippen molar-refractivity contribution in [1.82, 2.24) is 25.1 Å². The predicted molar refractivity (Wildman–Crippen MR) is 175 cm³/mol. The molecule has 2 aromatic carbocycles. The van der Waals surface area contributed by atoms with E-state index in [1.54, 1.807) is 23.5 Å². The highest BCUT2D eigenvalue weighted by Gasteiger charge is 2.30. The summed E-state index contributed by atoms with van der Waals surface area (Å²) < 4.78 is 21.3. The predicted octanol–water partition coefficient (Wildman–Crippen LogP) is 6.05. The highest BCUT2D eigenvalue weighted by Crippen LogP contribution is 2.40. The molecule has 0 bridgehead atoms. The SMILES string of the molecule is Cc1c(Nc2nc3ccccc3s2)nnc2c1CCN2c1nc(C(=O)O)c(CCCOc2ccc(C#CCN(C)C)c(F)c2)s1. The first-order chi connectivity index (χ1) is 21.8. The van der Waals surface area contributed by atoms with Gasteiger partial charge >= 0.3 is 5.97 Å². The number of ether oxygens (including phenoxy) is 1. The van der Waals surface area contributed by atoms with Crippen LogP contribution in [0.15, 0.2) is 42.5 Å². The summed E-state index contributed by atoms with van der Waals surface area (Å²) in [6.45, 7) is 3.45. The van der Waals surface area contributed by atoms with Crippen molar-refractivity contribution >= 4 is 60.8 Å². The second kappa shape index (κ2) is 13.2. The number of anilines is 4. The van der Waals surface area contributed by atoms with Crippen molar-refractivity contribution in [2.45, 2.75) is 26.2 Å². The summed E-state index contributed by atoms with van der Waals surface area (Å²) in [5.41, 5.74) is 3.27. The van der Waals surface area contributed by atoms with Gasteiger partial charge in [0.2, 0.25) is 0 Å². The van der Waals surface area contributed by atoms with Crippen molar-refractivity contribution in [2.24, 2.45) is 0 Å². The van der Waals surface area contributed by atoms with Crippen LogP contribution < -0.4 is 15.0 Å². The molecule has 0 fully saturated rings. The lowest BCUT2D eigenvalue weighted by molar-refractivity contribution is 0.0690. The molecule has 1 aliphatic rings. The summed E-state index contributed by atoms with van der Waals surface area (Å²) >= 11 is 2.89. The van der Waals surface area contributed by atoms with Gasteiger partial charge in [0.05, 0.1) is 28.9 Å². The summed E-state index contributed by atoms with van der Waals surface area (Å²) in [4.78, 5) is 25.7. The lowest BCUT2D eigenvalue weighted by atomic mass is 10.1. The van der Waals surface area contributed by atoms with Gasteiger partial charge in [-0.05, 0) is 64.5 Å². The number of para-hydroxylation sites is 1. The number of aromatic carboxylic acids is 1. The van der Waals surface area contributed by atoms with Gasteiger partial charge in [0.15, 0.2) is 27.6 Å². The molecule has 230 valence electrons. The molecule has 4 heterocycles. The van der Waals surface area contributed by atoms with Gasteiger partial charge in [-0.1, -0.05) is 35.3 Å². The van der Waals surface area contributed by atoms with E-state index in [0.29, 0.717) is 65.5 Å². The lowest BCUT2D eigenvalue weighted by Crippen LogP contribution is -2.15. The molecule has 0 saturated carbocycles. The van der Waals surface area contributed by atoms with E-state index in [2.05, 4.69) is 37.3 Å². The standard InChI is InChI=1S/C32H30FN7O3S2/c1-19-22-14-16-40(29(22)38-37-28(19)36-31-34-24-9-4-5-10-25(24)44-31)32-35-27(30(41)42)26(45-32)11-7-17-43-21-13-12-20(23(33)18-21)8-6-15-39(2)3/h4-5,9-10,12-13,18H,7,11,14-17H2,1-3H3,(H,41,42)(H,34,36,37). The summed E-state index contributed by atoms with van der Waals surface area (Å²) in [6, 6.07) is 12.6. The maximum Gasteiger partial charge on any atom is 0.355 e. The molecule has 0 atom stereocenters. The van der Waals surface area contributed by atoms with Gasteiger partial charge in [-0.25, -0.2) is 19.2 Å². The first kappa shape index (κ1) is 30.4. The van der Waals surface area contributed by atoms with Gasteiger partial charge < -0.3 is 20.1 Å². The molecule has 10 nitrogen and oxygen atoms in total. The summed E-state index contributed by atoms with van der Waals surface area (Å²) in [5, 5.41) is 23.5. The minimum absolute atomic E-state index is 0.0222. The van der Waals surface area contributed by atoms with Crippen LogP contribution in [0.2, 0.25) is 0 Å². The Morgan fingerprint density at radius 3 is 2.80 bits per heavy atom. The Labute approximate surface area is 267 Å². The number of aromatic nitrogens is 4. The topological polar surface area (TPSA) is 117 Å². The molecule has 2 N–H and O–H groups in total. The number of aryl methyl sites for hydroxylation is 1. The van der Waals surface area contributed by atoms with Crippen LogP contribution >= 0.6 is 22.7 Å². The largest absolute Gasteiger partial charge is 0.493 e. The van der Waals surface area contributed by atoms with E-state index in [1.807, 2.05) is 55.1 Å². The molecule has 45 heavy (non-hydrogen) atoms. The Bertz CT molecular complexity index is 1910. The molecule has 1 aliphatic heterocycles. The monoisotopic (exact) mass is 643 g/mol. The number of fused-ring (bicyclic) bond motifs is 2. The molecule has 0 spiro atoms. The first-order valence-electron chi connectivity index (χ1n) is 14.3. The van der Waals surface area contributed by atoms with E-state index >= 15 is 0 Å². The normalized spacial score (nSPS) is 12.3. The van der Waals surface area contributed by atoms with Crippen molar-refractivity contribution in [3.05, 3.63) is 75.5 Å². The highest BCUT2D eigenvalue weighted by atomic mass is 32.1. The minimum atomic E-state index is -1.08. The van der Waals surface area contributed by atoms with E-state index in [-0.39, 0.29) is 5.69 Å². The van der Waals surface area contributed by atoms with Crippen molar-refractivity contribution < 1.29 is 19.0 Å². The number of carboxylic acids is 1. The van der Waals surface area contributed by atoms with Gasteiger partial charge in [0.25, 0.3) is 0 Å². The number of thiazole rings is 2. The van der Waals surface area contributed by atoms with Crippen LogP contribution in [0, 0.1) is 24.6 Å². The fourth-order valence-electron chi connectivity index (χ4n) is 4.91. The number of rotatable bonds is 10. The molecule has 0 aliphatic carbocycles. The zero-order valence-electron chi connectivity index (χ0n) is 24.9. The fourth-order valence-corrected chi connectivity index (χ4v) is 6.90. The van der Waals surface area contributed by atoms with Gasteiger partial charge in [-0.3, -0.25) is 4.90 Å². The Kier molecular flexibility index (Phi) is 8.88. The second-order valence-corrected chi connectivity index (χ2v) is 12.8. The lowest BCUT2D eigenvalue weighted by Gasteiger charge is -2.15. The first-order valence-corrected chi connectivity index (χ1v) is 16.0. The Balaban J connectivity index is 1.11. The molecular weight excluding hydrogens is 614 g/mol. The van der Waals surface area contributed by atoms with Crippen molar-refractivity contribution in [2.75, 3.05) is 44.0 Å². The molecule has 6 rings (SSSR count). The van der Waals surface area contributed by atoms with Crippen LogP contribution in [-0.2, 0) is 12.8 Å². The molecule has 0 unspecified atom stereocenters. The Morgan fingerprint density at radius 2 is 2.02 bits per heavy atom. The molecule has 3 aromatic heterocycles. The summed E-state index contributed by atoms with van der Waals surface area (Å²) in [5.74, 6) is 5.94. The minimum Gasteiger partial charge on any atom is -0.493 e. The summed E-state index contributed by atoms with van der Waals surface area (Å²) in [6.07, 6.45) is 1.71. The third-order valence-electron chi connectivity index (χ3n) is 7.18. The molecule has 13 heteroatoms. The van der Waals surface area contributed by atoms with Gasteiger partial charge in [0.1, 0.15) is 11.6 Å². The number of benzene rings is 2. The Morgan fingerprint density at radius 1 is 1.18 bits per heavy atom. The third kappa shape index (κ3) is 6.73. The number of nitrogens with zero attached hydrogens (tertiary/aromatic N) is 6. The van der Waals surface area contributed by atoms with Crippen LogP contribution in [0.25, 0.3) is 10.2 Å². The van der Waals surface area contributed by atoms with E-state index in [4.69, 9.17) is 4.74 Å². The quantitative estimate of drug-likeness (QED) is 0.138. The number of hydrogen-bond donors (Lipinski definition) is 2. The van der Waals surface area contributed by atoms with Crippen molar-refractivity contribution in [3.8, 4) is 17.6 Å². The average Bonchev–Trinajstić information content (AvgIpc) is 3.74. The van der Waals surface area contributed by atoms with E-state index in [0.717, 1.165) is 32.9 Å². The van der Waals surface area contributed by atoms with E-state index in [9.17, 15) is 14.3 Å². The Hall–Kier alpha value is -4.64. The van der Waals surface area contributed by atoms with Crippen LogP contribution in [0.5, 0.6) is 5.75 Å². The number of nitrogens with one attached hydrogen (secondary N) is 1. The number of halogens is 1. The van der Waals surface area contributed by atoms with Crippen LogP contribution in [-0.4, -0.2) is 69.9 Å². The highest BCUT2D eigenvalue weighted by molar-refractivity contribution is 7.22. The van der Waals surface area contributed by atoms with Crippen molar-refractivity contribution in [1.29, 1.82) is 0 Å². The molecule has 0 radical (unpaired) electrons. The zero-order chi connectivity index (χ0) is 31.5. The van der Waals surface area contributed by atoms with E-state index < -0.39 is 11.8 Å². The maximum absolute atomic E-state index is 14.4. The number of hydrogen-bond acceptors (Lipinski definition) is 11. The summed E-state index contributed by atoms with van der Waals surface area (Å²) in [7, 11) is 3.80. The van der Waals surface area contributed by atoms with Crippen LogP contribution in [0.1, 0.15) is 38.5 Å². The van der Waals surface area contributed by atoms with E-state index in [1.165, 1.54) is 17.4 Å². The molecular formula is C32H30FN7O3S2. The maximum atomic E-state index is 14.4. The zero-order valence-corrected chi connectivity index (χ0v) is 26.6. The smallest absolute Gasteiger partial charge is 0.355 e. The fraction of sp³-hybridized carbons (Fsp3) is 0.281. The molecule has 0 amide bonds. The third-order valence-corrected chi connectivity index (χ3v) is 9.27. The van der Waals surface area contributed by atoms with Gasteiger partial charge in [0, 0.05) is 28.6 Å². The van der Waals surface area contributed by atoms with Crippen LogP contribution in [0.3, 0.4) is 0 Å². The average molecular weight is 644 g/mol. The van der Waals surface area contributed by atoms with Crippen LogP contribution in [0.4, 0.5) is 26.3 Å². The molecule has 0 saturated heterocycles. The van der Waals surface area contributed by atoms with Crippen molar-refractivity contribution in [3.63, 3.8) is 0 Å². The van der Waals surface area contributed by atoms with Gasteiger partial charge in [-0.2, -0.15) is 0 Å². The second-order valence-electron chi connectivity index (χ2n) is 10.7. The number of carboxylic acid groups (broad SMARTS) is 1. The van der Waals surface area contributed by atoms with Gasteiger partial charge in [-0.15, -0.1) is 21.5 Å². The number of carbonyl (C=O) groups is 1.